The number of ether oxygens (including phenoxy) is 1. The van der Waals surface area contributed by atoms with E-state index in [1.165, 1.54) is 0 Å². The van der Waals surface area contributed by atoms with Crippen LogP contribution < -0.4 is 15.0 Å². The summed E-state index contributed by atoms with van der Waals surface area (Å²) in [5.41, 5.74) is 3.43. The highest BCUT2D eigenvalue weighted by Gasteiger charge is 2.32. The van der Waals surface area contributed by atoms with E-state index in [0.717, 1.165) is 34.0 Å². The van der Waals surface area contributed by atoms with Crippen molar-refractivity contribution in [2.75, 3.05) is 18.6 Å². The zero-order valence-corrected chi connectivity index (χ0v) is 25.1. The molecular formula is C36H39N3O4. The molecule has 5 rings (SSSR count). The number of carbonyl (C=O) groups excluding carboxylic acids is 3. The van der Waals surface area contributed by atoms with Crippen LogP contribution >= 0.6 is 0 Å². The normalized spacial score (nSPS) is 13.6. The van der Waals surface area contributed by atoms with Crippen molar-refractivity contribution in [1.82, 2.24) is 10.2 Å². The summed E-state index contributed by atoms with van der Waals surface area (Å²) < 4.78 is 5.43. The van der Waals surface area contributed by atoms with Crippen molar-refractivity contribution >= 4 is 34.2 Å². The Balaban J connectivity index is 1.39. The van der Waals surface area contributed by atoms with Crippen molar-refractivity contribution in [2.24, 2.45) is 0 Å². The van der Waals surface area contributed by atoms with E-state index >= 15 is 0 Å². The maximum Gasteiger partial charge on any atom is 0.258 e. The Labute approximate surface area is 253 Å². The molecule has 222 valence electrons. The highest BCUT2D eigenvalue weighted by atomic mass is 16.5. The lowest BCUT2D eigenvalue weighted by atomic mass is 10.0. The molecule has 4 aromatic carbocycles. The van der Waals surface area contributed by atoms with E-state index in [9.17, 15) is 14.4 Å². The first-order valence-corrected chi connectivity index (χ1v) is 15.0. The van der Waals surface area contributed by atoms with Gasteiger partial charge in [0.25, 0.3) is 5.91 Å². The summed E-state index contributed by atoms with van der Waals surface area (Å²) in [6.45, 7) is 4.66. The van der Waals surface area contributed by atoms with E-state index in [0.29, 0.717) is 30.7 Å². The number of amides is 3. The number of hydrogen-bond acceptors (Lipinski definition) is 4. The van der Waals surface area contributed by atoms with Crippen LogP contribution in [0, 0.1) is 0 Å². The van der Waals surface area contributed by atoms with Gasteiger partial charge in [-0.3, -0.25) is 14.4 Å². The molecule has 0 aliphatic carbocycles. The molecule has 0 radical (unpaired) electrons. The number of anilines is 1. The Kier molecular flexibility index (Phi) is 9.40. The molecule has 2 atom stereocenters. The highest BCUT2D eigenvalue weighted by Crippen LogP contribution is 2.37. The Hall–Kier alpha value is -4.65. The predicted octanol–water partition coefficient (Wildman–Crippen LogP) is 6.14. The second-order valence-corrected chi connectivity index (χ2v) is 11.1. The van der Waals surface area contributed by atoms with Crippen molar-refractivity contribution < 1.29 is 19.1 Å². The monoisotopic (exact) mass is 577 g/mol. The van der Waals surface area contributed by atoms with Gasteiger partial charge in [0.15, 0.2) is 0 Å². The zero-order valence-electron chi connectivity index (χ0n) is 25.1. The first-order chi connectivity index (χ1) is 20.9. The third kappa shape index (κ3) is 6.72. The third-order valence-corrected chi connectivity index (χ3v) is 8.18. The number of methoxy groups -OCH3 is 1. The molecule has 7 nitrogen and oxygen atoms in total. The van der Waals surface area contributed by atoms with Crippen LogP contribution in [-0.4, -0.2) is 48.4 Å². The molecule has 1 heterocycles. The Morgan fingerprint density at radius 2 is 1.65 bits per heavy atom. The van der Waals surface area contributed by atoms with Gasteiger partial charge in [-0.1, -0.05) is 73.7 Å². The van der Waals surface area contributed by atoms with E-state index in [-0.39, 0.29) is 36.7 Å². The average Bonchev–Trinajstić information content (AvgIpc) is 3.31. The van der Waals surface area contributed by atoms with Gasteiger partial charge in [-0.15, -0.1) is 0 Å². The van der Waals surface area contributed by atoms with Crippen molar-refractivity contribution in [2.45, 2.75) is 58.2 Å². The summed E-state index contributed by atoms with van der Waals surface area (Å²) in [6, 6.07) is 28.3. The van der Waals surface area contributed by atoms with Gasteiger partial charge in [0.1, 0.15) is 11.8 Å². The fourth-order valence-corrected chi connectivity index (χ4v) is 5.70. The topological polar surface area (TPSA) is 79.0 Å². The smallest absolute Gasteiger partial charge is 0.258 e. The lowest BCUT2D eigenvalue weighted by Gasteiger charge is -2.32. The van der Waals surface area contributed by atoms with Crippen molar-refractivity contribution in [3.8, 4) is 5.75 Å². The van der Waals surface area contributed by atoms with E-state index in [1.54, 1.807) is 16.9 Å². The minimum atomic E-state index is -0.707. The van der Waals surface area contributed by atoms with Crippen LogP contribution in [0.25, 0.3) is 10.8 Å². The van der Waals surface area contributed by atoms with E-state index in [4.69, 9.17) is 4.74 Å². The second-order valence-electron chi connectivity index (χ2n) is 11.1. The summed E-state index contributed by atoms with van der Waals surface area (Å²) in [7, 11) is 1.61. The molecule has 0 saturated carbocycles. The van der Waals surface area contributed by atoms with Gasteiger partial charge in [-0.25, -0.2) is 0 Å². The lowest BCUT2D eigenvalue weighted by molar-refractivity contribution is -0.141. The van der Waals surface area contributed by atoms with Crippen LogP contribution in [-0.2, 0) is 22.6 Å². The van der Waals surface area contributed by atoms with Crippen LogP contribution in [0.15, 0.2) is 91.0 Å². The summed E-state index contributed by atoms with van der Waals surface area (Å²) in [6.07, 6.45) is 1.84. The standard InChI is InChI=1S/C36H39N3O4/c1-4-25(2)37-35(41)32(23-26-12-6-5-7-13-26)39(24-27-14-8-17-29(22-27)43-3)33(40)20-11-21-38-31-19-10-16-28-15-9-18-30(34(28)31)36(38)42/h5-10,12-19,22,25,32H,4,11,20-21,23-24H2,1-3H3,(H,37,41)/t25-,32+/m1/s1. The summed E-state index contributed by atoms with van der Waals surface area (Å²) in [4.78, 5) is 44.6. The average molecular weight is 578 g/mol. The minimum absolute atomic E-state index is 0.0231. The van der Waals surface area contributed by atoms with E-state index in [2.05, 4.69) is 5.32 Å². The number of benzene rings is 4. The second kappa shape index (κ2) is 13.6. The molecular weight excluding hydrogens is 538 g/mol. The fourth-order valence-electron chi connectivity index (χ4n) is 5.70. The van der Waals surface area contributed by atoms with Crippen LogP contribution in [0.4, 0.5) is 5.69 Å². The molecule has 1 aliphatic heterocycles. The van der Waals surface area contributed by atoms with E-state index < -0.39 is 6.04 Å². The number of nitrogens with zero attached hydrogens (tertiary/aromatic N) is 2. The SMILES string of the molecule is CC[C@@H](C)NC(=O)[C@H](Cc1ccccc1)N(Cc1cccc(OC)c1)C(=O)CCCN1C(=O)c2cccc3cccc1c23. The molecule has 0 aromatic heterocycles. The maximum absolute atomic E-state index is 14.1. The van der Waals surface area contributed by atoms with Gasteiger partial charge in [0.05, 0.1) is 12.8 Å². The Morgan fingerprint density at radius 1 is 0.930 bits per heavy atom. The molecule has 0 bridgehead atoms. The molecule has 43 heavy (non-hydrogen) atoms. The number of nitrogens with one attached hydrogen (secondary N) is 1. The van der Waals surface area contributed by atoms with Gasteiger partial charge in [0, 0.05) is 42.9 Å². The first kappa shape index (κ1) is 29.8. The fraction of sp³-hybridized carbons (Fsp3) is 0.306. The van der Waals surface area contributed by atoms with Crippen LogP contribution in [0.2, 0.25) is 0 Å². The molecule has 3 amide bonds. The number of carbonyl (C=O) groups is 3. The molecule has 7 heteroatoms. The lowest BCUT2D eigenvalue weighted by Crippen LogP contribution is -2.52. The largest absolute Gasteiger partial charge is 0.497 e. The van der Waals surface area contributed by atoms with Gasteiger partial charge >= 0.3 is 0 Å². The van der Waals surface area contributed by atoms with Crippen molar-refractivity contribution in [3.05, 3.63) is 108 Å². The van der Waals surface area contributed by atoms with Crippen LogP contribution in [0.3, 0.4) is 0 Å². The van der Waals surface area contributed by atoms with E-state index in [1.807, 2.05) is 105 Å². The van der Waals surface area contributed by atoms with Gasteiger partial charge in [-0.05, 0) is 60.5 Å². The highest BCUT2D eigenvalue weighted by molar-refractivity contribution is 6.25. The Morgan fingerprint density at radius 3 is 2.40 bits per heavy atom. The van der Waals surface area contributed by atoms with Crippen LogP contribution in [0.5, 0.6) is 5.75 Å². The Bertz CT molecular complexity index is 1600. The third-order valence-electron chi connectivity index (χ3n) is 8.18. The summed E-state index contributed by atoms with van der Waals surface area (Å²) in [5.74, 6) is 0.342. The first-order valence-electron chi connectivity index (χ1n) is 15.0. The maximum atomic E-state index is 14.1. The van der Waals surface area contributed by atoms with Crippen LogP contribution in [0.1, 0.15) is 54.6 Å². The molecule has 0 fully saturated rings. The van der Waals surface area contributed by atoms with Gasteiger partial charge < -0.3 is 19.9 Å². The number of hydrogen-bond donors (Lipinski definition) is 1. The van der Waals surface area contributed by atoms with Gasteiger partial charge in [0.2, 0.25) is 11.8 Å². The summed E-state index contributed by atoms with van der Waals surface area (Å²) >= 11 is 0. The molecule has 0 spiro atoms. The molecule has 0 unspecified atom stereocenters. The molecule has 0 saturated heterocycles. The molecule has 1 aliphatic rings. The number of rotatable bonds is 13. The minimum Gasteiger partial charge on any atom is -0.497 e. The quantitative estimate of drug-likeness (QED) is 0.207. The predicted molar refractivity (Wildman–Crippen MR) is 170 cm³/mol. The van der Waals surface area contributed by atoms with Crippen molar-refractivity contribution in [3.63, 3.8) is 0 Å². The summed E-state index contributed by atoms with van der Waals surface area (Å²) in [5, 5.41) is 5.10. The molecule has 1 N–H and O–H groups in total. The zero-order chi connectivity index (χ0) is 30.3. The van der Waals surface area contributed by atoms with Crippen molar-refractivity contribution in [1.29, 1.82) is 0 Å². The molecule has 4 aromatic rings. The van der Waals surface area contributed by atoms with Gasteiger partial charge in [-0.2, -0.15) is 0 Å².